The van der Waals surface area contributed by atoms with Crippen LogP contribution in [0.1, 0.15) is 45.2 Å². The molecule has 0 saturated carbocycles. The zero-order valence-corrected chi connectivity index (χ0v) is 17.2. The Kier molecular flexibility index (Phi) is 5.02. The lowest BCUT2D eigenvalue weighted by molar-refractivity contribution is 0.0564. The van der Waals surface area contributed by atoms with E-state index < -0.39 is 0 Å². The highest BCUT2D eigenvalue weighted by Crippen LogP contribution is 2.40. The van der Waals surface area contributed by atoms with Crippen LogP contribution in [0.15, 0.2) is 36.4 Å². The summed E-state index contributed by atoms with van der Waals surface area (Å²) in [5, 5.41) is 5.68. The molecule has 2 amide bonds. The van der Waals surface area contributed by atoms with Crippen LogP contribution in [-0.4, -0.2) is 41.8 Å². The van der Waals surface area contributed by atoms with E-state index in [-0.39, 0.29) is 11.9 Å². The van der Waals surface area contributed by atoms with Crippen molar-refractivity contribution in [3.63, 3.8) is 0 Å². The fraction of sp³-hybridized carbons (Fsp3) is 0.435. The van der Waals surface area contributed by atoms with Gasteiger partial charge in [0.15, 0.2) is 0 Å². The fourth-order valence-electron chi connectivity index (χ4n) is 4.34. The zero-order valence-electron chi connectivity index (χ0n) is 17.2. The molecule has 1 aliphatic heterocycles. The van der Waals surface area contributed by atoms with Gasteiger partial charge < -0.3 is 19.5 Å². The van der Waals surface area contributed by atoms with Crippen molar-refractivity contribution in [2.75, 3.05) is 31.6 Å². The van der Waals surface area contributed by atoms with E-state index >= 15 is 0 Å². The van der Waals surface area contributed by atoms with Crippen molar-refractivity contribution in [1.82, 2.24) is 9.47 Å². The fourth-order valence-corrected chi connectivity index (χ4v) is 4.34. The van der Waals surface area contributed by atoms with Crippen molar-refractivity contribution < 1.29 is 9.53 Å². The second kappa shape index (κ2) is 7.47. The summed E-state index contributed by atoms with van der Waals surface area (Å²) < 4.78 is 7.76. The first-order chi connectivity index (χ1) is 13.5. The second-order valence-electron chi connectivity index (χ2n) is 8.09. The summed E-state index contributed by atoms with van der Waals surface area (Å²) in [5.41, 5.74) is 4.58. The normalized spacial score (nSPS) is 15.1. The Bertz CT molecular complexity index is 1010. The molecule has 28 heavy (non-hydrogen) atoms. The Morgan fingerprint density at radius 2 is 1.71 bits per heavy atom. The number of para-hydroxylation sites is 1. The van der Waals surface area contributed by atoms with Crippen LogP contribution in [0.5, 0.6) is 0 Å². The first-order valence-corrected chi connectivity index (χ1v) is 10.2. The average molecular weight is 380 g/mol. The van der Waals surface area contributed by atoms with E-state index in [1.807, 2.05) is 4.90 Å². The van der Waals surface area contributed by atoms with Crippen molar-refractivity contribution in [2.24, 2.45) is 0 Å². The molecule has 1 saturated heterocycles. The lowest BCUT2D eigenvalue weighted by Crippen LogP contribution is -2.43. The van der Waals surface area contributed by atoms with Gasteiger partial charge in [-0.25, -0.2) is 4.79 Å². The molecular weight excluding hydrogens is 350 g/mol. The van der Waals surface area contributed by atoms with Gasteiger partial charge in [0.25, 0.3) is 0 Å². The van der Waals surface area contributed by atoms with Crippen molar-refractivity contribution in [2.45, 2.75) is 39.7 Å². The molecule has 0 atom stereocenters. The quantitative estimate of drug-likeness (QED) is 0.666. The van der Waals surface area contributed by atoms with E-state index in [1.54, 1.807) is 0 Å². The number of ether oxygens (including phenoxy) is 1. The van der Waals surface area contributed by atoms with Crippen molar-refractivity contribution in [1.29, 1.82) is 0 Å². The Balaban J connectivity index is 1.88. The minimum absolute atomic E-state index is 0.0443. The Morgan fingerprint density at radius 3 is 2.39 bits per heavy atom. The molecule has 5 heteroatoms. The maximum absolute atomic E-state index is 12.8. The van der Waals surface area contributed by atoms with E-state index in [9.17, 15) is 4.79 Å². The average Bonchev–Trinajstić information content (AvgIpc) is 3.03. The van der Waals surface area contributed by atoms with Crippen LogP contribution in [-0.2, 0) is 4.74 Å². The largest absolute Gasteiger partial charge is 0.378 e. The van der Waals surface area contributed by atoms with Gasteiger partial charge in [0.1, 0.15) is 0 Å². The number of aromatic nitrogens is 1. The van der Waals surface area contributed by atoms with E-state index in [2.05, 4.69) is 74.0 Å². The van der Waals surface area contributed by atoms with Crippen LogP contribution in [0.4, 0.5) is 10.5 Å². The Hall–Kier alpha value is -2.53. The monoisotopic (exact) mass is 379 g/mol. The topological polar surface area (TPSA) is 46.5 Å². The summed E-state index contributed by atoms with van der Waals surface area (Å²) in [5.74, 6) is 0.287. The molecule has 4 rings (SSSR count). The molecule has 2 aromatic carbocycles. The summed E-state index contributed by atoms with van der Waals surface area (Å²) in [6, 6.07) is 13.1. The molecular formula is C23H29N3O2. The van der Waals surface area contributed by atoms with Gasteiger partial charge in [-0.1, -0.05) is 32.0 Å². The van der Waals surface area contributed by atoms with Crippen LogP contribution in [0, 0.1) is 0 Å². The number of rotatable bonds is 3. The van der Waals surface area contributed by atoms with Gasteiger partial charge in [-0.05, 0) is 43.5 Å². The molecule has 1 aromatic heterocycles. The minimum Gasteiger partial charge on any atom is -0.378 e. The summed E-state index contributed by atoms with van der Waals surface area (Å²) in [7, 11) is 0. The summed E-state index contributed by atoms with van der Waals surface area (Å²) >= 11 is 0. The van der Waals surface area contributed by atoms with Gasteiger partial charge >= 0.3 is 6.03 Å². The number of carbonyl (C=O) groups is 1. The zero-order chi connectivity index (χ0) is 19.8. The van der Waals surface area contributed by atoms with Gasteiger partial charge in [-0.3, -0.25) is 0 Å². The van der Waals surface area contributed by atoms with E-state index in [1.165, 1.54) is 27.4 Å². The predicted octanol–water partition coefficient (Wildman–Crippen LogP) is 5.36. The minimum atomic E-state index is -0.0443. The Morgan fingerprint density at radius 1 is 1.00 bits per heavy atom. The lowest BCUT2D eigenvalue weighted by atomic mass is 9.95. The van der Waals surface area contributed by atoms with Gasteiger partial charge in [0, 0.05) is 46.6 Å². The molecule has 1 N–H and O–H groups in total. The molecule has 2 heterocycles. The molecule has 1 aliphatic rings. The molecule has 1 fully saturated rings. The van der Waals surface area contributed by atoms with Gasteiger partial charge in [0.2, 0.25) is 0 Å². The highest BCUT2D eigenvalue weighted by molar-refractivity contribution is 6.12. The number of carbonyl (C=O) groups excluding carboxylic acids is 1. The van der Waals surface area contributed by atoms with Crippen LogP contribution in [0.25, 0.3) is 21.8 Å². The third kappa shape index (κ3) is 3.14. The molecule has 5 nitrogen and oxygen atoms in total. The standard InChI is InChI=1S/C23H29N3O2/c1-15(2)21-18(24-23(27)25-11-13-28-14-12-25)9-10-20-22(21)17-7-5-6-8-19(17)26(20)16(3)4/h5-10,15-16H,11-14H2,1-4H3,(H,24,27). The molecule has 0 radical (unpaired) electrons. The summed E-state index contributed by atoms with van der Waals surface area (Å²) in [6.07, 6.45) is 0. The molecule has 3 aromatic rings. The summed E-state index contributed by atoms with van der Waals surface area (Å²) in [6.45, 7) is 11.3. The van der Waals surface area contributed by atoms with Crippen molar-refractivity contribution in [3.05, 3.63) is 42.0 Å². The number of hydrogen-bond acceptors (Lipinski definition) is 2. The first-order valence-electron chi connectivity index (χ1n) is 10.2. The highest BCUT2D eigenvalue weighted by Gasteiger charge is 2.22. The molecule has 0 bridgehead atoms. The van der Waals surface area contributed by atoms with E-state index in [0.29, 0.717) is 32.3 Å². The number of urea groups is 1. The number of morpholine rings is 1. The number of nitrogens with one attached hydrogen (secondary N) is 1. The molecule has 0 unspecified atom stereocenters. The maximum atomic E-state index is 12.8. The van der Waals surface area contributed by atoms with Gasteiger partial charge in [-0.2, -0.15) is 0 Å². The number of anilines is 1. The molecule has 0 aliphatic carbocycles. The van der Waals surface area contributed by atoms with Gasteiger partial charge in [-0.15, -0.1) is 0 Å². The lowest BCUT2D eigenvalue weighted by Gasteiger charge is -2.27. The molecule has 0 spiro atoms. The SMILES string of the molecule is CC(C)c1c(NC(=O)N2CCOCC2)ccc2c1c1ccccc1n2C(C)C. The predicted molar refractivity (Wildman–Crippen MR) is 115 cm³/mol. The third-order valence-corrected chi connectivity index (χ3v) is 5.55. The smallest absolute Gasteiger partial charge is 0.322 e. The highest BCUT2D eigenvalue weighted by atomic mass is 16.5. The van der Waals surface area contributed by atoms with Crippen LogP contribution in [0.2, 0.25) is 0 Å². The third-order valence-electron chi connectivity index (χ3n) is 5.55. The Labute approximate surface area is 166 Å². The van der Waals surface area contributed by atoms with Crippen LogP contribution >= 0.6 is 0 Å². The maximum Gasteiger partial charge on any atom is 0.322 e. The van der Waals surface area contributed by atoms with Crippen molar-refractivity contribution in [3.8, 4) is 0 Å². The van der Waals surface area contributed by atoms with E-state index in [4.69, 9.17) is 4.74 Å². The van der Waals surface area contributed by atoms with Gasteiger partial charge in [0.05, 0.1) is 13.2 Å². The number of benzene rings is 2. The van der Waals surface area contributed by atoms with E-state index in [0.717, 1.165) is 5.69 Å². The number of fused-ring (bicyclic) bond motifs is 3. The molecule has 148 valence electrons. The summed E-state index contributed by atoms with van der Waals surface area (Å²) in [4.78, 5) is 14.6. The second-order valence-corrected chi connectivity index (χ2v) is 8.09. The number of hydrogen-bond donors (Lipinski definition) is 1. The number of amides is 2. The first kappa shape index (κ1) is 18.8. The van der Waals surface area contributed by atoms with Crippen LogP contribution in [0.3, 0.4) is 0 Å². The number of nitrogens with zero attached hydrogens (tertiary/aromatic N) is 2. The van der Waals surface area contributed by atoms with Crippen molar-refractivity contribution >= 4 is 33.5 Å². The van der Waals surface area contributed by atoms with Crippen LogP contribution < -0.4 is 5.32 Å².